The molecule has 1 saturated heterocycles. The van der Waals surface area contributed by atoms with Crippen LogP contribution in [0.25, 0.3) is 16.9 Å². The van der Waals surface area contributed by atoms with E-state index in [0.29, 0.717) is 30.9 Å². The summed E-state index contributed by atoms with van der Waals surface area (Å²) in [5, 5.41) is 7.56. The first-order valence-corrected chi connectivity index (χ1v) is 10.4. The van der Waals surface area contributed by atoms with Gasteiger partial charge in [0.25, 0.3) is 0 Å². The van der Waals surface area contributed by atoms with Crippen molar-refractivity contribution in [3.05, 3.63) is 71.7 Å². The SMILES string of the molecule is COC(=O)C[C@@H]1C(=O)NCCN1Cc1cn(-c2cccc(C)c2)nc1-c1cccc(F)c1. The third kappa shape index (κ3) is 4.70. The van der Waals surface area contributed by atoms with E-state index in [1.54, 1.807) is 10.7 Å². The number of amides is 1. The van der Waals surface area contributed by atoms with Crippen molar-refractivity contribution in [1.82, 2.24) is 20.0 Å². The Morgan fingerprint density at radius 3 is 2.81 bits per heavy atom. The maximum atomic E-state index is 14.0. The van der Waals surface area contributed by atoms with Gasteiger partial charge in [-0.3, -0.25) is 14.5 Å². The molecule has 7 nitrogen and oxygen atoms in total. The van der Waals surface area contributed by atoms with Crippen LogP contribution < -0.4 is 5.32 Å². The molecule has 32 heavy (non-hydrogen) atoms. The van der Waals surface area contributed by atoms with Crippen LogP contribution in [0, 0.1) is 12.7 Å². The first kappa shape index (κ1) is 21.7. The molecule has 8 heteroatoms. The molecule has 1 atom stereocenters. The molecule has 0 unspecified atom stereocenters. The third-order valence-electron chi connectivity index (χ3n) is 5.56. The lowest BCUT2D eigenvalue weighted by Crippen LogP contribution is -2.55. The highest BCUT2D eigenvalue weighted by molar-refractivity contribution is 5.87. The molecule has 0 spiro atoms. The number of esters is 1. The number of aryl methyl sites for hydroxylation is 1. The van der Waals surface area contributed by atoms with Crippen LogP contribution in [0.3, 0.4) is 0 Å². The van der Waals surface area contributed by atoms with Crippen LogP contribution in [-0.2, 0) is 20.9 Å². The number of benzene rings is 2. The van der Waals surface area contributed by atoms with Crippen LogP contribution >= 0.6 is 0 Å². The zero-order valence-corrected chi connectivity index (χ0v) is 18.0. The van der Waals surface area contributed by atoms with E-state index in [2.05, 4.69) is 5.32 Å². The van der Waals surface area contributed by atoms with Crippen molar-refractivity contribution < 1.29 is 18.7 Å². The second-order valence-corrected chi connectivity index (χ2v) is 7.85. The Balaban J connectivity index is 1.73. The van der Waals surface area contributed by atoms with Crippen molar-refractivity contribution in [2.45, 2.75) is 25.9 Å². The van der Waals surface area contributed by atoms with Gasteiger partial charge in [0.1, 0.15) is 11.9 Å². The van der Waals surface area contributed by atoms with E-state index in [0.717, 1.165) is 16.8 Å². The summed E-state index contributed by atoms with van der Waals surface area (Å²) in [6, 6.07) is 13.6. The summed E-state index contributed by atoms with van der Waals surface area (Å²) in [7, 11) is 1.31. The minimum atomic E-state index is -0.640. The van der Waals surface area contributed by atoms with Gasteiger partial charge in [0, 0.05) is 37.0 Å². The zero-order valence-electron chi connectivity index (χ0n) is 18.0. The summed E-state index contributed by atoms with van der Waals surface area (Å²) in [5.74, 6) is -1.00. The smallest absolute Gasteiger partial charge is 0.307 e. The average Bonchev–Trinajstić information content (AvgIpc) is 3.20. The van der Waals surface area contributed by atoms with Crippen LogP contribution in [0.5, 0.6) is 0 Å². The van der Waals surface area contributed by atoms with Crippen molar-refractivity contribution in [3.63, 3.8) is 0 Å². The number of carbonyl (C=O) groups excluding carboxylic acids is 2. The number of piperazine rings is 1. The molecular weight excluding hydrogens is 411 g/mol. The van der Waals surface area contributed by atoms with Gasteiger partial charge in [-0.2, -0.15) is 5.10 Å². The van der Waals surface area contributed by atoms with E-state index in [-0.39, 0.29) is 18.1 Å². The maximum Gasteiger partial charge on any atom is 0.307 e. The van der Waals surface area contributed by atoms with Crippen molar-refractivity contribution in [2.75, 3.05) is 20.2 Å². The monoisotopic (exact) mass is 436 g/mol. The number of ether oxygens (including phenoxy) is 1. The minimum absolute atomic E-state index is 0.0380. The van der Waals surface area contributed by atoms with E-state index in [9.17, 15) is 14.0 Å². The van der Waals surface area contributed by atoms with Gasteiger partial charge in [-0.05, 0) is 36.8 Å². The van der Waals surface area contributed by atoms with E-state index in [4.69, 9.17) is 9.84 Å². The fourth-order valence-electron chi connectivity index (χ4n) is 3.94. The minimum Gasteiger partial charge on any atom is -0.469 e. The fourth-order valence-corrected chi connectivity index (χ4v) is 3.94. The normalized spacial score (nSPS) is 16.6. The topological polar surface area (TPSA) is 76.5 Å². The van der Waals surface area contributed by atoms with E-state index >= 15 is 0 Å². The Bertz CT molecular complexity index is 1140. The molecule has 0 saturated carbocycles. The Morgan fingerprint density at radius 1 is 1.25 bits per heavy atom. The Kier molecular flexibility index (Phi) is 6.32. The molecule has 1 aliphatic heterocycles. The summed E-state index contributed by atoms with van der Waals surface area (Å²) in [6.45, 7) is 3.45. The number of methoxy groups -OCH3 is 1. The molecule has 1 fully saturated rings. The molecule has 166 valence electrons. The average molecular weight is 436 g/mol. The fraction of sp³-hybridized carbons (Fsp3) is 0.292. The number of nitrogens with one attached hydrogen (secondary N) is 1. The molecule has 0 aliphatic carbocycles. The van der Waals surface area contributed by atoms with Crippen molar-refractivity contribution in [3.8, 4) is 16.9 Å². The number of rotatable bonds is 6. The number of nitrogens with zero attached hydrogens (tertiary/aromatic N) is 3. The standard InChI is InChI=1S/C24H25FN4O3/c1-16-5-3-8-20(11-16)29-15-18(23(27-29)17-6-4-7-19(25)12-17)14-28-10-9-26-24(31)21(28)13-22(30)32-2/h3-8,11-12,15,21H,9-10,13-14H2,1-2H3,(H,26,31)/t21-/m1/s1. The first-order valence-electron chi connectivity index (χ1n) is 10.4. The molecule has 1 aromatic heterocycles. The number of halogens is 1. The van der Waals surface area contributed by atoms with Crippen LogP contribution in [-0.4, -0.2) is 52.8 Å². The molecule has 0 radical (unpaired) electrons. The number of carbonyl (C=O) groups is 2. The zero-order chi connectivity index (χ0) is 22.7. The quantitative estimate of drug-likeness (QED) is 0.602. The summed E-state index contributed by atoms with van der Waals surface area (Å²) >= 11 is 0. The van der Waals surface area contributed by atoms with Gasteiger partial charge in [0.05, 0.1) is 24.9 Å². The summed E-state index contributed by atoms with van der Waals surface area (Å²) < 4.78 is 20.5. The van der Waals surface area contributed by atoms with Crippen molar-refractivity contribution >= 4 is 11.9 Å². The largest absolute Gasteiger partial charge is 0.469 e. The Hall–Kier alpha value is -3.52. The molecule has 1 amide bonds. The number of hydrogen-bond acceptors (Lipinski definition) is 5. The second kappa shape index (κ2) is 9.32. The highest BCUT2D eigenvalue weighted by Gasteiger charge is 2.33. The van der Waals surface area contributed by atoms with E-state index in [1.165, 1.54) is 19.2 Å². The number of hydrogen-bond donors (Lipinski definition) is 1. The van der Waals surface area contributed by atoms with Crippen LogP contribution in [0.15, 0.2) is 54.7 Å². The Morgan fingerprint density at radius 2 is 2.06 bits per heavy atom. The highest BCUT2D eigenvalue weighted by atomic mass is 19.1. The van der Waals surface area contributed by atoms with Crippen LogP contribution in [0.2, 0.25) is 0 Å². The molecule has 4 rings (SSSR count). The molecule has 1 N–H and O–H groups in total. The van der Waals surface area contributed by atoms with Gasteiger partial charge in [-0.15, -0.1) is 0 Å². The lowest BCUT2D eigenvalue weighted by molar-refractivity contribution is -0.146. The Labute approximate surface area is 185 Å². The predicted octanol–water partition coefficient (Wildman–Crippen LogP) is 2.85. The van der Waals surface area contributed by atoms with Gasteiger partial charge in [-0.1, -0.05) is 24.3 Å². The molecule has 3 aromatic rings. The summed E-state index contributed by atoms with van der Waals surface area (Å²) in [4.78, 5) is 26.3. The maximum absolute atomic E-state index is 14.0. The van der Waals surface area contributed by atoms with Gasteiger partial charge < -0.3 is 10.1 Å². The van der Waals surface area contributed by atoms with Gasteiger partial charge in [-0.25, -0.2) is 9.07 Å². The van der Waals surface area contributed by atoms with E-state index < -0.39 is 12.0 Å². The lowest BCUT2D eigenvalue weighted by atomic mass is 10.0. The van der Waals surface area contributed by atoms with E-state index in [1.807, 2.05) is 48.4 Å². The third-order valence-corrected chi connectivity index (χ3v) is 5.56. The molecule has 1 aliphatic rings. The second-order valence-electron chi connectivity index (χ2n) is 7.85. The van der Waals surface area contributed by atoms with Gasteiger partial charge >= 0.3 is 5.97 Å². The molecule has 2 aromatic carbocycles. The van der Waals surface area contributed by atoms with Crippen molar-refractivity contribution in [2.24, 2.45) is 0 Å². The first-order chi connectivity index (χ1) is 15.4. The molecule has 2 heterocycles. The molecular formula is C24H25FN4O3. The van der Waals surface area contributed by atoms with Crippen LogP contribution in [0.1, 0.15) is 17.5 Å². The highest BCUT2D eigenvalue weighted by Crippen LogP contribution is 2.27. The predicted molar refractivity (Wildman–Crippen MR) is 118 cm³/mol. The lowest BCUT2D eigenvalue weighted by Gasteiger charge is -2.34. The van der Waals surface area contributed by atoms with Gasteiger partial charge in [0.15, 0.2) is 0 Å². The summed E-state index contributed by atoms with van der Waals surface area (Å²) in [6.07, 6.45) is 1.86. The van der Waals surface area contributed by atoms with Crippen LogP contribution in [0.4, 0.5) is 4.39 Å². The molecule has 0 bridgehead atoms. The van der Waals surface area contributed by atoms with Gasteiger partial charge in [0.2, 0.25) is 5.91 Å². The number of aromatic nitrogens is 2. The van der Waals surface area contributed by atoms with Crippen molar-refractivity contribution in [1.29, 1.82) is 0 Å². The summed E-state index contributed by atoms with van der Waals surface area (Å²) in [5.41, 5.74) is 4.10.